The van der Waals surface area contributed by atoms with Gasteiger partial charge in [0, 0.05) is 0 Å². The maximum Gasteiger partial charge on any atom is 0.332 e. The van der Waals surface area contributed by atoms with Crippen molar-refractivity contribution in [2.24, 2.45) is 5.73 Å². The van der Waals surface area contributed by atoms with Crippen LogP contribution in [0.25, 0.3) is 0 Å². The molecule has 0 saturated heterocycles. The Labute approximate surface area is 95.5 Å². The second-order valence-electron chi connectivity index (χ2n) is 2.88. The van der Waals surface area contributed by atoms with Gasteiger partial charge in [-0.05, 0) is 11.8 Å². The third kappa shape index (κ3) is 6.07. The van der Waals surface area contributed by atoms with Crippen LogP contribution >= 0.6 is 0 Å². The van der Waals surface area contributed by atoms with Crippen LogP contribution in [0.5, 0.6) is 0 Å². The van der Waals surface area contributed by atoms with Gasteiger partial charge in [-0.15, -0.1) is 0 Å². The van der Waals surface area contributed by atoms with E-state index in [1.165, 1.54) is 0 Å². The zero-order chi connectivity index (χ0) is 13.4. The van der Waals surface area contributed by atoms with Gasteiger partial charge in [0.05, 0.1) is 12.7 Å². The first-order valence-electron chi connectivity index (χ1n) is 4.46. The molecule has 0 aliphatic heterocycles. The first-order valence-corrected chi connectivity index (χ1v) is 4.46. The quantitative estimate of drug-likeness (QED) is 0.450. The Hall–Kier alpha value is -2.19. The average Bonchev–Trinajstić information content (AvgIpc) is 2.25. The van der Waals surface area contributed by atoms with Crippen LogP contribution in [0.3, 0.4) is 0 Å². The van der Waals surface area contributed by atoms with Crippen molar-refractivity contribution in [3.8, 4) is 0 Å². The third-order valence-corrected chi connectivity index (χ3v) is 1.60. The lowest BCUT2D eigenvalue weighted by atomic mass is 10.4. The van der Waals surface area contributed by atoms with E-state index < -0.39 is 41.4 Å². The molecule has 0 heterocycles. The third-order valence-electron chi connectivity index (χ3n) is 1.60. The molecule has 0 radical (unpaired) electrons. The number of halogens is 2. The highest BCUT2D eigenvalue weighted by Crippen LogP contribution is 2.04. The van der Waals surface area contributed by atoms with Gasteiger partial charge < -0.3 is 21.2 Å². The number of nitrogens with one attached hydrogen (secondary N) is 2. The van der Waals surface area contributed by atoms with E-state index in [9.17, 15) is 23.7 Å². The monoisotopic (exact) mass is 250 g/mol. The van der Waals surface area contributed by atoms with Crippen molar-refractivity contribution < 1.29 is 18.5 Å². The first kappa shape index (κ1) is 14.8. The number of nitrogens with two attached hydrogens (primary N) is 1. The lowest BCUT2D eigenvalue weighted by Gasteiger charge is -2.04. The fourth-order valence-electron chi connectivity index (χ4n) is 0.716. The Balaban J connectivity index is 4.05. The van der Waals surface area contributed by atoms with Gasteiger partial charge in [0.2, 0.25) is 0 Å². The highest BCUT2D eigenvalue weighted by atomic mass is 19.2. The number of nitro groups is 1. The smallest absolute Gasteiger partial charge is 0.332 e. The minimum atomic E-state index is -1.11. The Morgan fingerprint density at radius 3 is 2.41 bits per heavy atom. The van der Waals surface area contributed by atoms with Crippen molar-refractivity contribution in [1.29, 1.82) is 0 Å². The van der Waals surface area contributed by atoms with Crippen LogP contribution in [0.4, 0.5) is 8.78 Å². The zero-order valence-corrected chi connectivity index (χ0v) is 9.00. The maximum absolute atomic E-state index is 12.6. The molecule has 0 bridgehead atoms. The van der Waals surface area contributed by atoms with E-state index in [1.807, 2.05) is 5.32 Å². The first-order chi connectivity index (χ1) is 7.88. The molecule has 4 N–H and O–H groups in total. The molecule has 9 heteroatoms. The van der Waals surface area contributed by atoms with Crippen molar-refractivity contribution in [3.63, 3.8) is 0 Å². The summed E-state index contributed by atoms with van der Waals surface area (Å²) in [6.45, 7) is -0.173. The van der Waals surface area contributed by atoms with Crippen molar-refractivity contribution in [2.75, 3.05) is 13.1 Å². The molecule has 0 aromatic rings. The van der Waals surface area contributed by atoms with Crippen molar-refractivity contribution in [2.45, 2.75) is 6.92 Å². The molecule has 0 aromatic carbocycles. The molecule has 0 rings (SSSR count). The molecule has 0 spiro atoms. The van der Waals surface area contributed by atoms with Gasteiger partial charge in [-0.1, -0.05) is 0 Å². The van der Waals surface area contributed by atoms with Gasteiger partial charge in [0.15, 0.2) is 12.4 Å². The number of allylic oxidation sites excluding steroid dienone is 1. The number of amides is 1. The Kier molecular flexibility index (Phi) is 6.22. The Bertz CT molecular complexity index is 364. The predicted octanol–water partition coefficient (Wildman–Crippen LogP) is -0.103. The summed E-state index contributed by atoms with van der Waals surface area (Å²) in [5.41, 5.74) is 4.91. The molecule has 0 saturated carbocycles. The molecule has 0 aliphatic carbocycles. The van der Waals surface area contributed by atoms with Crippen LogP contribution in [0.15, 0.2) is 23.7 Å². The van der Waals surface area contributed by atoms with E-state index in [1.54, 1.807) is 0 Å². The summed E-state index contributed by atoms with van der Waals surface area (Å²) in [5.74, 6) is -3.44. The molecule has 0 aliphatic rings. The summed E-state index contributed by atoms with van der Waals surface area (Å²) in [6.07, 6.45) is 0.680. The number of carbonyl (C=O) groups is 1. The van der Waals surface area contributed by atoms with Crippen LogP contribution in [0.2, 0.25) is 0 Å². The highest BCUT2D eigenvalue weighted by Gasteiger charge is 2.11. The second-order valence-corrected chi connectivity index (χ2v) is 2.88. The number of hydrogen-bond acceptors (Lipinski definition) is 5. The van der Waals surface area contributed by atoms with Crippen LogP contribution in [0.1, 0.15) is 6.92 Å². The molecule has 0 unspecified atom stereocenters. The summed E-state index contributed by atoms with van der Waals surface area (Å²) in [6, 6.07) is 0. The lowest BCUT2D eigenvalue weighted by Crippen LogP contribution is -2.36. The average molecular weight is 250 g/mol. The van der Waals surface area contributed by atoms with Crippen LogP contribution < -0.4 is 16.4 Å². The number of hydrogen-bond donors (Lipinski definition) is 3. The van der Waals surface area contributed by atoms with Gasteiger partial charge in [-0.25, -0.2) is 8.78 Å². The van der Waals surface area contributed by atoms with Crippen LogP contribution in [-0.4, -0.2) is 23.9 Å². The normalized spacial score (nSPS) is 12.8. The van der Waals surface area contributed by atoms with Gasteiger partial charge in [0.25, 0.3) is 5.91 Å². The van der Waals surface area contributed by atoms with Crippen molar-refractivity contribution in [3.05, 3.63) is 33.8 Å². The maximum atomic E-state index is 12.6. The van der Waals surface area contributed by atoms with E-state index >= 15 is 0 Å². The molecular weight excluding hydrogens is 238 g/mol. The minimum absolute atomic E-state index is 0.470. The van der Waals surface area contributed by atoms with E-state index in [0.717, 1.165) is 6.92 Å². The van der Waals surface area contributed by atoms with Gasteiger partial charge in [0.1, 0.15) is 5.83 Å². The lowest BCUT2D eigenvalue weighted by molar-refractivity contribution is -0.431. The van der Waals surface area contributed by atoms with Crippen LogP contribution in [-0.2, 0) is 4.79 Å². The number of nitrogens with zero attached hydrogens (tertiary/aromatic N) is 1. The standard InChI is InChI=1S/C8H12F2N4O3/c1-5(9)6(10)3-13-8(15)4-12-7(2-11)14(16)17/h2,12H,3-4,11H2,1H3,(H,13,15)/b6-5-,7-2+. The van der Waals surface area contributed by atoms with Crippen LogP contribution in [0, 0.1) is 10.1 Å². The van der Waals surface area contributed by atoms with Crippen molar-refractivity contribution in [1.82, 2.24) is 10.6 Å². The molecule has 0 atom stereocenters. The molecule has 17 heavy (non-hydrogen) atoms. The second kappa shape index (κ2) is 7.14. The molecule has 96 valence electrons. The summed E-state index contributed by atoms with van der Waals surface area (Å²) in [4.78, 5) is 20.5. The molecule has 1 amide bonds. The number of carbonyl (C=O) groups excluding carboxylic acids is 1. The van der Waals surface area contributed by atoms with Crippen molar-refractivity contribution >= 4 is 5.91 Å². The summed E-state index contributed by atoms with van der Waals surface area (Å²) in [7, 11) is 0. The highest BCUT2D eigenvalue weighted by molar-refractivity contribution is 5.78. The molecule has 0 aromatic heterocycles. The van der Waals surface area contributed by atoms with E-state index in [2.05, 4.69) is 5.32 Å². The largest absolute Gasteiger partial charge is 0.398 e. The van der Waals surface area contributed by atoms with Gasteiger partial charge in [-0.3, -0.25) is 10.1 Å². The Morgan fingerprint density at radius 2 is 2.00 bits per heavy atom. The molecule has 0 fully saturated rings. The fraction of sp³-hybridized carbons (Fsp3) is 0.375. The van der Waals surface area contributed by atoms with E-state index in [-0.39, 0.29) is 0 Å². The minimum Gasteiger partial charge on any atom is -0.398 e. The molecular formula is C8H12F2N4O3. The number of rotatable bonds is 6. The summed E-state index contributed by atoms with van der Waals surface area (Å²) < 4.78 is 24.9. The molecule has 7 nitrogen and oxygen atoms in total. The SMILES string of the molecule is C/C(F)=C(/F)CNC(=O)CN/C(=C\N)[N+](=O)[O-]. The zero-order valence-electron chi connectivity index (χ0n) is 9.00. The van der Waals surface area contributed by atoms with Gasteiger partial charge in [-0.2, -0.15) is 0 Å². The van der Waals surface area contributed by atoms with E-state index in [0.29, 0.717) is 6.20 Å². The predicted molar refractivity (Wildman–Crippen MR) is 55.2 cm³/mol. The summed E-state index contributed by atoms with van der Waals surface area (Å²) in [5, 5.41) is 14.4. The summed E-state index contributed by atoms with van der Waals surface area (Å²) >= 11 is 0. The topological polar surface area (TPSA) is 110 Å². The Morgan fingerprint density at radius 1 is 1.41 bits per heavy atom. The van der Waals surface area contributed by atoms with E-state index in [4.69, 9.17) is 5.73 Å². The van der Waals surface area contributed by atoms with Gasteiger partial charge >= 0.3 is 5.82 Å². The fourth-order valence-corrected chi connectivity index (χ4v) is 0.716.